The van der Waals surface area contributed by atoms with Gasteiger partial charge in [-0.25, -0.2) is 0 Å². The fraction of sp³-hybridized carbons (Fsp3) is 0.0370. The molecular weight excluding hydrogens is 594 g/mol. The monoisotopic (exact) mass is 618 g/mol. The van der Waals surface area contributed by atoms with Crippen molar-refractivity contribution in [2.24, 2.45) is 0 Å². The maximum atomic E-state index is 11.2. The van der Waals surface area contributed by atoms with Crippen molar-refractivity contribution < 1.29 is 14.7 Å². The van der Waals surface area contributed by atoms with E-state index in [-0.39, 0.29) is 12.5 Å². The van der Waals surface area contributed by atoms with Crippen molar-refractivity contribution in [3.8, 4) is 0 Å². The van der Waals surface area contributed by atoms with E-state index in [1.165, 1.54) is 0 Å². The van der Waals surface area contributed by atoms with Crippen molar-refractivity contribution in [3.63, 3.8) is 0 Å². The molecule has 0 spiro atoms. The van der Waals surface area contributed by atoms with Gasteiger partial charge in [-0.05, 0) is 12.1 Å². The van der Waals surface area contributed by atoms with Crippen LogP contribution in [0.15, 0.2) is 121 Å². The van der Waals surface area contributed by atoms with E-state index in [4.69, 9.17) is 5.11 Å². The van der Waals surface area contributed by atoms with E-state index in [2.05, 4.69) is 96.3 Å². The first-order valence-electron chi connectivity index (χ1n) is 10.2. The van der Waals surface area contributed by atoms with Gasteiger partial charge >= 0.3 is 129 Å². The van der Waals surface area contributed by atoms with Crippen molar-refractivity contribution in [2.75, 3.05) is 6.54 Å². The molecule has 0 unspecified atom stereocenters. The Bertz CT molecular complexity index is 1010. The second kappa shape index (κ2) is 12.6. The second-order valence-electron chi connectivity index (χ2n) is 6.92. The number of benzene rings is 4. The van der Waals surface area contributed by atoms with Gasteiger partial charge in [-0.2, -0.15) is 0 Å². The second-order valence-corrected chi connectivity index (χ2v) is 16.6. The van der Waals surface area contributed by atoms with Crippen molar-refractivity contribution >= 4 is 43.9 Å². The number of carbonyl (C=O) groups is 2. The quantitative estimate of drug-likeness (QED) is 0.327. The molecule has 0 aromatic heterocycles. The van der Waals surface area contributed by atoms with Crippen LogP contribution in [0.25, 0.3) is 0 Å². The number of aliphatic carboxylic acids is 1. The van der Waals surface area contributed by atoms with Gasteiger partial charge in [0.2, 0.25) is 0 Å². The summed E-state index contributed by atoms with van der Waals surface area (Å²) in [7, 11) is 0. The zero-order valence-electron chi connectivity index (χ0n) is 17.5. The van der Waals surface area contributed by atoms with Crippen LogP contribution in [0.3, 0.4) is 0 Å². The SMILES string of the molecule is O=C(O)CNC(=O)c1ccccc1.c1cc[c]([Pb]([c]2ccccc2)[c]2ccccc2)cc1. The van der Waals surface area contributed by atoms with E-state index in [1.807, 2.05) is 0 Å². The van der Waals surface area contributed by atoms with Gasteiger partial charge in [-0.3, -0.25) is 9.59 Å². The molecule has 4 aromatic carbocycles. The molecule has 159 valence electrons. The zero-order valence-corrected chi connectivity index (χ0v) is 21.4. The summed E-state index contributed by atoms with van der Waals surface area (Å²) in [5.41, 5.74) is 0.462. The predicted octanol–water partition coefficient (Wildman–Crippen LogP) is 2.70. The van der Waals surface area contributed by atoms with Gasteiger partial charge in [0.15, 0.2) is 0 Å². The number of amides is 1. The van der Waals surface area contributed by atoms with Crippen molar-refractivity contribution in [1.29, 1.82) is 0 Å². The van der Waals surface area contributed by atoms with E-state index in [0.29, 0.717) is 5.56 Å². The first kappa shape index (κ1) is 23.4. The van der Waals surface area contributed by atoms with Crippen LogP contribution in [0, 0.1) is 0 Å². The fourth-order valence-corrected chi connectivity index (χ4v) is 13.2. The van der Waals surface area contributed by atoms with Crippen LogP contribution < -0.4 is 14.7 Å². The van der Waals surface area contributed by atoms with Crippen molar-refractivity contribution in [1.82, 2.24) is 5.32 Å². The molecular formula is C27H24NO3Pb. The molecule has 0 aliphatic heterocycles. The Balaban J connectivity index is 0.000000195. The summed E-state index contributed by atoms with van der Waals surface area (Å²) in [4.78, 5) is 21.3. The van der Waals surface area contributed by atoms with E-state index in [1.54, 1.807) is 39.7 Å². The van der Waals surface area contributed by atoms with E-state index in [0.717, 1.165) is 0 Å². The van der Waals surface area contributed by atoms with E-state index < -0.39 is 28.7 Å². The van der Waals surface area contributed by atoms with Crippen LogP contribution in [-0.2, 0) is 4.79 Å². The summed E-state index contributed by atoms with van der Waals surface area (Å²) in [5.74, 6) is -1.42. The molecule has 0 aliphatic carbocycles. The van der Waals surface area contributed by atoms with Crippen LogP contribution in [0.4, 0.5) is 0 Å². The molecule has 5 heteroatoms. The number of hydrogen-bond acceptors (Lipinski definition) is 2. The molecule has 0 saturated carbocycles. The Morgan fingerprint density at radius 1 is 0.594 bits per heavy atom. The first-order valence-corrected chi connectivity index (χ1v) is 16.1. The minimum absolute atomic E-state index is 0.353. The summed E-state index contributed by atoms with van der Waals surface area (Å²) in [5, 5.41) is 10.6. The zero-order chi connectivity index (χ0) is 22.6. The molecule has 4 aromatic rings. The van der Waals surface area contributed by atoms with Gasteiger partial charge in [0.05, 0.1) is 0 Å². The standard InChI is InChI=1S/C9H9NO3.3C6H5.Pb/c11-8(12)6-10-9(13)7-4-2-1-3-5-7;3*1-2-4-6-5-3-1;/h1-5H,6H2,(H,10,13)(H,11,12);3*1-5H;. The summed E-state index contributed by atoms with van der Waals surface area (Å²) in [6, 6.07) is 41.5. The molecule has 32 heavy (non-hydrogen) atoms. The molecule has 1 amide bonds. The minimum atomic E-state index is -2.17. The molecule has 1 radical (unpaired) electrons. The number of carboxylic acids is 1. The molecule has 0 saturated heterocycles. The third-order valence-corrected chi connectivity index (χ3v) is 15.2. The molecule has 0 aliphatic rings. The molecule has 4 rings (SSSR count). The Morgan fingerprint density at radius 3 is 1.28 bits per heavy atom. The molecule has 0 bridgehead atoms. The summed E-state index contributed by atoms with van der Waals surface area (Å²) in [6.45, 7) is -0.353. The third-order valence-electron chi connectivity index (χ3n) is 4.62. The predicted molar refractivity (Wildman–Crippen MR) is 130 cm³/mol. The van der Waals surface area contributed by atoms with Crippen LogP contribution in [0.1, 0.15) is 10.4 Å². The van der Waals surface area contributed by atoms with Gasteiger partial charge < -0.3 is 10.4 Å². The topological polar surface area (TPSA) is 66.4 Å². The van der Waals surface area contributed by atoms with Gasteiger partial charge in [-0.1, -0.05) is 18.2 Å². The number of carbonyl (C=O) groups excluding carboxylic acids is 1. The van der Waals surface area contributed by atoms with Gasteiger partial charge in [0, 0.05) is 5.56 Å². The van der Waals surface area contributed by atoms with E-state index in [9.17, 15) is 9.59 Å². The number of rotatable bonds is 6. The van der Waals surface area contributed by atoms with Crippen molar-refractivity contribution in [3.05, 3.63) is 127 Å². The van der Waals surface area contributed by atoms with Crippen LogP contribution >= 0.6 is 0 Å². The van der Waals surface area contributed by atoms with E-state index >= 15 is 0 Å². The Hall–Kier alpha value is -3.26. The number of nitrogens with one attached hydrogen (secondary N) is 1. The molecule has 0 atom stereocenters. The molecule has 4 nitrogen and oxygen atoms in total. The van der Waals surface area contributed by atoms with Crippen LogP contribution in [0.5, 0.6) is 0 Å². The molecule has 2 N–H and O–H groups in total. The van der Waals surface area contributed by atoms with Gasteiger partial charge in [-0.15, -0.1) is 0 Å². The number of hydrogen-bond donors (Lipinski definition) is 2. The Kier molecular flexibility index (Phi) is 9.19. The molecule has 0 fully saturated rings. The normalized spacial score (nSPS) is 10.0. The molecule has 0 heterocycles. The average Bonchev–Trinajstić information content (AvgIpc) is 2.86. The van der Waals surface area contributed by atoms with Crippen LogP contribution in [0.2, 0.25) is 0 Å². The van der Waals surface area contributed by atoms with Gasteiger partial charge in [0.1, 0.15) is 6.54 Å². The maximum absolute atomic E-state index is 11.2. The average molecular weight is 618 g/mol. The Morgan fingerprint density at radius 2 is 0.938 bits per heavy atom. The Labute approximate surface area is 196 Å². The number of carboxylic acid groups (broad SMARTS) is 1. The first-order chi connectivity index (χ1) is 15.6. The third kappa shape index (κ3) is 7.16. The van der Waals surface area contributed by atoms with Crippen LogP contribution in [-0.4, -0.2) is 46.2 Å². The summed E-state index contributed by atoms with van der Waals surface area (Å²) in [6.07, 6.45) is 0. The van der Waals surface area contributed by atoms with Gasteiger partial charge in [0.25, 0.3) is 5.91 Å². The van der Waals surface area contributed by atoms with Crippen molar-refractivity contribution in [2.45, 2.75) is 0 Å². The summed E-state index contributed by atoms with van der Waals surface area (Å²) < 4.78 is 4.64. The summed E-state index contributed by atoms with van der Waals surface area (Å²) >= 11 is -2.17. The fourth-order valence-electron chi connectivity index (χ4n) is 3.16.